The van der Waals surface area contributed by atoms with Crippen LogP contribution in [0.4, 0.5) is 5.00 Å². The van der Waals surface area contributed by atoms with E-state index in [2.05, 4.69) is 5.32 Å². The number of nitrogens with zero attached hydrogens (tertiary/aromatic N) is 1. The molecule has 8 heteroatoms. The van der Waals surface area contributed by atoms with Crippen LogP contribution in [0.3, 0.4) is 0 Å². The summed E-state index contributed by atoms with van der Waals surface area (Å²) in [5.74, 6) is -1.88. The molecule has 0 bridgehead atoms. The third-order valence-corrected chi connectivity index (χ3v) is 5.07. The Hall–Kier alpha value is -3.96. The second-order valence-corrected chi connectivity index (χ2v) is 7.14. The van der Waals surface area contributed by atoms with Crippen molar-refractivity contribution in [3.8, 4) is 17.2 Å². The van der Waals surface area contributed by atoms with Gasteiger partial charge in [-0.25, -0.2) is 9.59 Å². The molecule has 1 amide bonds. The first-order chi connectivity index (χ1) is 15.0. The highest BCUT2D eigenvalue weighted by molar-refractivity contribution is 7.15. The maximum absolute atomic E-state index is 12.5. The van der Waals surface area contributed by atoms with Gasteiger partial charge in [-0.05, 0) is 30.7 Å². The minimum atomic E-state index is -0.728. The molecule has 1 aromatic heterocycles. The fourth-order valence-electron chi connectivity index (χ4n) is 2.78. The maximum Gasteiger partial charge on any atom is 0.341 e. The Morgan fingerprint density at radius 2 is 1.81 bits per heavy atom. The molecule has 0 fully saturated rings. The molecule has 156 valence electrons. The van der Waals surface area contributed by atoms with Gasteiger partial charge in [0.2, 0.25) is 0 Å². The van der Waals surface area contributed by atoms with Crippen LogP contribution in [0.1, 0.15) is 33.2 Å². The van der Waals surface area contributed by atoms with Gasteiger partial charge in [-0.2, -0.15) is 5.26 Å². The highest BCUT2D eigenvalue weighted by Crippen LogP contribution is 2.36. The van der Waals surface area contributed by atoms with Crippen LogP contribution in [-0.4, -0.2) is 31.1 Å². The van der Waals surface area contributed by atoms with Crippen LogP contribution < -0.4 is 5.32 Å². The van der Waals surface area contributed by atoms with E-state index in [0.29, 0.717) is 16.1 Å². The molecule has 1 N–H and O–H groups in total. The fourth-order valence-corrected chi connectivity index (χ4v) is 3.75. The number of nitriles is 1. The Kier molecular flexibility index (Phi) is 7.14. The van der Waals surface area contributed by atoms with E-state index in [1.165, 1.54) is 23.5 Å². The molecule has 7 nitrogen and oxygen atoms in total. The number of nitrogens with one attached hydrogen (secondary N) is 1. The van der Waals surface area contributed by atoms with Gasteiger partial charge in [0, 0.05) is 10.9 Å². The van der Waals surface area contributed by atoms with E-state index in [1.807, 2.05) is 36.4 Å². The van der Waals surface area contributed by atoms with Crippen LogP contribution in [0.15, 0.2) is 60.0 Å². The van der Waals surface area contributed by atoms with Crippen molar-refractivity contribution in [3.05, 3.63) is 76.7 Å². The van der Waals surface area contributed by atoms with E-state index in [1.54, 1.807) is 24.4 Å². The highest BCUT2D eigenvalue weighted by Gasteiger charge is 2.23. The van der Waals surface area contributed by atoms with E-state index in [-0.39, 0.29) is 17.7 Å². The number of benzene rings is 2. The Balaban J connectivity index is 1.73. The van der Waals surface area contributed by atoms with Crippen LogP contribution in [0, 0.1) is 11.3 Å². The van der Waals surface area contributed by atoms with Gasteiger partial charge in [0.1, 0.15) is 10.6 Å². The number of thiophene rings is 1. The summed E-state index contributed by atoms with van der Waals surface area (Å²) in [5, 5.41) is 13.6. The lowest BCUT2D eigenvalue weighted by atomic mass is 10.0. The second kappa shape index (κ2) is 10.2. The van der Waals surface area contributed by atoms with Gasteiger partial charge in [-0.15, -0.1) is 11.3 Å². The molecule has 2 aromatic carbocycles. The van der Waals surface area contributed by atoms with Crippen molar-refractivity contribution < 1.29 is 23.9 Å². The first-order valence-electron chi connectivity index (χ1n) is 9.34. The molecular weight excluding hydrogens is 416 g/mol. The number of rotatable bonds is 7. The molecule has 31 heavy (non-hydrogen) atoms. The lowest BCUT2D eigenvalue weighted by Gasteiger charge is -2.09. The predicted molar refractivity (Wildman–Crippen MR) is 116 cm³/mol. The monoisotopic (exact) mass is 434 g/mol. The number of carbonyl (C=O) groups is 3. The summed E-state index contributed by atoms with van der Waals surface area (Å²) in [4.78, 5) is 37.0. The standard InChI is InChI=1S/C23H18N2O5S/c1-2-29-23(28)20-18(16-8-4-3-5-9-16)14-31-21(20)25-19(26)13-30-22(27)17-10-6-7-15(11-17)12-24/h3-11,14H,2,13H2,1H3,(H,25,26). The van der Waals surface area contributed by atoms with Gasteiger partial charge in [-0.1, -0.05) is 36.4 Å². The molecule has 3 aromatic rings. The summed E-state index contributed by atoms with van der Waals surface area (Å²) in [6, 6.07) is 17.2. The van der Waals surface area contributed by atoms with Crippen LogP contribution in [0.5, 0.6) is 0 Å². The normalized spacial score (nSPS) is 10.1. The number of anilines is 1. The fraction of sp³-hybridized carbons (Fsp3) is 0.130. The number of amides is 1. The molecule has 1 heterocycles. The third-order valence-electron chi connectivity index (χ3n) is 4.17. The number of carbonyl (C=O) groups excluding carboxylic acids is 3. The van der Waals surface area contributed by atoms with E-state index in [9.17, 15) is 14.4 Å². The van der Waals surface area contributed by atoms with Crippen molar-refractivity contribution in [2.75, 3.05) is 18.5 Å². The molecular formula is C23H18N2O5S. The zero-order valence-electron chi connectivity index (χ0n) is 16.6. The molecule has 0 radical (unpaired) electrons. The molecule has 0 atom stereocenters. The minimum absolute atomic E-state index is 0.168. The summed E-state index contributed by atoms with van der Waals surface area (Å²) >= 11 is 1.18. The van der Waals surface area contributed by atoms with Crippen molar-refractivity contribution in [2.45, 2.75) is 6.92 Å². The summed E-state index contributed by atoms with van der Waals surface area (Å²) in [7, 11) is 0. The van der Waals surface area contributed by atoms with Gasteiger partial charge >= 0.3 is 11.9 Å². The van der Waals surface area contributed by atoms with E-state index in [4.69, 9.17) is 14.7 Å². The lowest BCUT2D eigenvalue weighted by molar-refractivity contribution is -0.119. The van der Waals surface area contributed by atoms with Crippen LogP contribution in [0.25, 0.3) is 11.1 Å². The van der Waals surface area contributed by atoms with Crippen molar-refractivity contribution >= 4 is 34.2 Å². The van der Waals surface area contributed by atoms with Crippen molar-refractivity contribution in [1.82, 2.24) is 0 Å². The van der Waals surface area contributed by atoms with Crippen molar-refractivity contribution in [3.63, 3.8) is 0 Å². The minimum Gasteiger partial charge on any atom is -0.462 e. The first-order valence-corrected chi connectivity index (χ1v) is 10.2. The predicted octanol–water partition coefficient (Wildman–Crippen LogP) is 4.26. The Morgan fingerprint density at radius 1 is 1.03 bits per heavy atom. The van der Waals surface area contributed by atoms with Crippen molar-refractivity contribution in [1.29, 1.82) is 5.26 Å². The number of hydrogen-bond acceptors (Lipinski definition) is 7. The molecule has 0 aliphatic rings. The molecule has 0 saturated heterocycles. The smallest absolute Gasteiger partial charge is 0.341 e. The topological polar surface area (TPSA) is 105 Å². The zero-order valence-corrected chi connectivity index (χ0v) is 17.4. The van der Waals surface area contributed by atoms with Gasteiger partial charge in [0.15, 0.2) is 6.61 Å². The summed E-state index contributed by atoms with van der Waals surface area (Å²) in [6.45, 7) is 1.34. The summed E-state index contributed by atoms with van der Waals surface area (Å²) < 4.78 is 10.2. The zero-order chi connectivity index (χ0) is 22.2. The number of ether oxygens (including phenoxy) is 2. The average molecular weight is 434 g/mol. The Morgan fingerprint density at radius 3 is 2.52 bits per heavy atom. The Bertz CT molecular complexity index is 1150. The van der Waals surface area contributed by atoms with Gasteiger partial charge in [0.05, 0.1) is 23.8 Å². The summed E-state index contributed by atoms with van der Waals surface area (Å²) in [5.41, 5.74) is 2.18. The van der Waals surface area contributed by atoms with E-state index in [0.717, 1.165) is 5.56 Å². The van der Waals surface area contributed by atoms with E-state index < -0.39 is 24.5 Å². The van der Waals surface area contributed by atoms with Crippen LogP contribution in [0.2, 0.25) is 0 Å². The van der Waals surface area contributed by atoms with Gasteiger partial charge in [-0.3, -0.25) is 4.79 Å². The number of esters is 2. The van der Waals surface area contributed by atoms with E-state index >= 15 is 0 Å². The van der Waals surface area contributed by atoms with Gasteiger partial charge < -0.3 is 14.8 Å². The van der Waals surface area contributed by atoms with Crippen LogP contribution >= 0.6 is 11.3 Å². The number of hydrogen-bond donors (Lipinski definition) is 1. The molecule has 3 rings (SSSR count). The maximum atomic E-state index is 12.5. The molecule has 0 spiro atoms. The van der Waals surface area contributed by atoms with Gasteiger partial charge in [0.25, 0.3) is 5.91 Å². The average Bonchev–Trinajstić information content (AvgIpc) is 3.21. The molecule has 0 aliphatic heterocycles. The first kappa shape index (κ1) is 21.7. The van der Waals surface area contributed by atoms with Crippen molar-refractivity contribution in [2.24, 2.45) is 0 Å². The molecule has 0 unspecified atom stereocenters. The lowest BCUT2D eigenvalue weighted by Crippen LogP contribution is -2.21. The molecule has 0 saturated carbocycles. The highest BCUT2D eigenvalue weighted by atomic mass is 32.1. The largest absolute Gasteiger partial charge is 0.462 e. The molecule has 0 aliphatic carbocycles. The quantitative estimate of drug-likeness (QED) is 0.557. The second-order valence-electron chi connectivity index (χ2n) is 6.26. The third kappa shape index (κ3) is 5.35. The van der Waals surface area contributed by atoms with Crippen LogP contribution in [-0.2, 0) is 14.3 Å². The SMILES string of the molecule is CCOC(=O)c1c(-c2ccccc2)csc1NC(=O)COC(=O)c1cccc(C#N)c1. The Labute approximate surface area is 182 Å². The summed E-state index contributed by atoms with van der Waals surface area (Å²) in [6.07, 6.45) is 0.